The van der Waals surface area contributed by atoms with E-state index in [4.69, 9.17) is 32.2 Å². The summed E-state index contributed by atoms with van der Waals surface area (Å²) in [6, 6.07) is 0. The molecule has 24 heavy (non-hydrogen) atoms. The Kier molecular flexibility index (Phi) is 14.8. The SMILES string of the molecule is C=C(C)COC(CC)[Si](OCCOC)(OCCOC)OCCOC. The van der Waals surface area contributed by atoms with Crippen LogP contribution in [0.4, 0.5) is 0 Å². The highest BCUT2D eigenvalue weighted by atomic mass is 28.4. The zero-order valence-corrected chi connectivity index (χ0v) is 16.8. The maximum absolute atomic E-state index is 6.05. The van der Waals surface area contributed by atoms with Crippen LogP contribution in [-0.4, -0.2) is 82.1 Å². The molecule has 0 aliphatic heterocycles. The van der Waals surface area contributed by atoms with Gasteiger partial charge in [-0.3, -0.25) is 0 Å². The summed E-state index contributed by atoms with van der Waals surface area (Å²) >= 11 is 0. The van der Waals surface area contributed by atoms with Crippen LogP contribution in [0.25, 0.3) is 0 Å². The third-order valence-corrected chi connectivity index (χ3v) is 6.25. The van der Waals surface area contributed by atoms with Gasteiger partial charge in [0.15, 0.2) is 0 Å². The van der Waals surface area contributed by atoms with Gasteiger partial charge in [0.2, 0.25) is 0 Å². The second-order valence-electron chi connectivity index (χ2n) is 5.29. The van der Waals surface area contributed by atoms with Crippen molar-refractivity contribution in [2.45, 2.75) is 26.0 Å². The van der Waals surface area contributed by atoms with E-state index >= 15 is 0 Å². The Hall–Kier alpha value is -0.323. The third-order valence-electron chi connectivity index (χ3n) is 3.07. The zero-order chi connectivity index (χ0) is 18.3. The maximum Gasteiger partial charge on any atom is 0.531 e. The van der Waals surface area contributed by atoms with E-state index in [9.17, 15) is 0 Å². The summed E-state index contributed by atoms with van der Waals surface area (Å²) in [5.74, 6) is 0. The molecule has 8 heteroatoms. The summed E-state index contributed by atoms with van der Waals surface area (Å²) in [6.45, 7) is 10.7. The lowest BCUT2D eigenvalue weighted by Gasteiger charge is -2.35. The molecule has 0 spiro atoms. The van der Waals surface area contributed by atoms with Gasteiger partial charge in [-0.15, -0.1) is 0 Å². The van der Waals surface area contributed by atoms with E-state index < -0.39 is 8.80 Å². The molecule has 0 aliphatic carbocycles. The van der Waals surface area contributed by atoms with E-state index in [-0.39, 0.29) is 5.73 Å². The van der Waals surface area contributed by atoms with Crippen LogP contribution >= 0.6 is 0 Å². The largest absolute Gasteiger partial charge is 0.531 e. The number of hydrogen-bond acceptors (Lipinski definition) is 7. The predicted octanol–water partition coefficient (Wildman–Crippen LogP) is 1.82. The van der Waals surface area contributed by atoms with Crippen molar-refractivity contribution in [2.75, 3.05) is 67.6 Å². The van der Waals surface area contributed by atoms with Crippen molar-refractivity contribution in [3.8, 4) is 0 Å². The first-order valence-electron chi connectivity index (χ1n) is 8.20. The van der Waals surface area contributed by atoms with E-state index in [0.717, 1.165) is 5.57 Å². The molecule has 144 valence electrons. The fourth-order valence-corrected chi connectivity index (χ4v) is 4.62. The standard InChI is InChI=1S/C16H34O7Si/c1-7-16(20-14-15(2)3)24(21-11-8-17-4,22-12-9-18-5)23-13-10-19-6/h16H,2,7-14H2,1,3-6H3. The van der Waals surface area contributed by atoms with E-state index in [1.807, 2.05) is 13.8 Å². The Morgan fingerprint density at radius 2 is 1.25 bits per heavy atom. The molecule has 0 saturated carbocycles. The van der Waals surface area contributed by atoms with Crippen LogP contribution in [0, 0.1) is 0 Å². The van der Waals surface area contributed by atoms with Crippen LogP contribution in [0.5, 0.6) is 0 Å². The van der Waals surface area contributed by atoms with E-state index in [0.29, 0.717) is 52.7 Å². The van der Waals surface area contributed by atoms with Crippen LogP contribution in [0.3, 0.4) is 0 Å². The minimum Gasteiger partial charge on any atom is -0.382 e. The first-order valence-corrected chi connectivity index (χ1v) is 10.0. The Balaban J connectivity index is 5.15. The van der Waals surface area contributed by atoms with Crippen molar-refractivity contribution in [1.82, 2.24) is 0 Å². The second-order valence-corrected chi connectivity index (χ2v) is 8.01. The molecule has 0 amide bonds. The fourth-order valence-electron chi connectivity index (χ4n) is 1.92. The molecular weight excluding hydrogens is 332 g/mol. The normalized spacial score (nSPS) is 13.2. The lowest BCUT2D eigenvalue weighted by atomic mass is 10.4. The molecule has 0 aliphatic rings. The molecule has 0 bridgehead atoms. The van der Waals surface area contributed by atoms with Gasteiger partial charge in [-0.25, -0.2) is 0 Å². The minimum atomic E-state index is -3.11. The van der Waals surface area contributed by atoms with Gasteiger partial charge in [-0.2, -0.15) is 0 Å². The first-order chi connectivity index (χ1) is 11.6. The molecule has 0 aromatic heterocycles. The summed E-state index contributed by atoms with van der Waals surface area (Å²) in [6.07, 6.45) is 0.701. The van der Waals surface area contributed by atoms with Crippen molar-refractivity contribution in [1.29, 1.82) is 0 Å². The van der Waals surface area contributed by atoms with Crippen LogP contribution in [-0.2, 0) is 32.2 Å². The highest BCUT2D eigenvalue weighted by Gasteiger charge is 2.50. The average molecular weight is 367 g/mol. The third kappa shape index (κ3) is 9.85. The molecule has 1 unspecified atom stereocenters. The number of rotatable bonds is 17. The van der Waals surface area contributed by atoms with Gasteiger partial charge in [0.05, 0.1) is 46.2 Å². The van der Waals surface area contributed by atoms with Crippen LogP contribution in [0.1, 0.15) is 20.3 Å². The van der Waals surface area contributed by atoms with Gasteiger partial charge in [0.1, 0.15) is 5.73 Å². The Morgan fingerprint density at radius 3 is 1.54 bits per heavy atom. The van der Waals surface area contributed by atoms with Gasteiger partial charge in [0.25, 0.3) is 0 Å². The van der Waals surface area contributed by atoms with Crippen molar-refractivity contribution >= 4 is 8.80 Å². The van der Waals surface area contributed by atoms with Gasteiger partial charge < -0.3 is 32.2 Å². The summed E-state index contributed by atoms with van der Waals surface area (Å²) in [5, 5.41) is 0. The van der Waals surface area contributed by atoms with Crippen LogP contribution in [0.2, 0.25) is 0 Å². The summed E-state index contributed by atoms with van der Waals surface area (Å²) in [7, 11) is 1.77. The molecule has 0 rings (SSSR count). The van der Waals surface area contributed by atoms with Crippen molar-refractivity contribution in [3.05, 3.63) is 12.2 Å². The summed E-state index contributed by atoms with van der Waals surface area (Å²) in [4.78, 5) is 0. The minimum absolute atomic E-state index is 0.292. The molecule has 0 radical (unpaired) electrons. The number of hydrogen-bond donors (Lipinski definition) is 0. The molecule has 0 aromatic rings. The summed E-state index contributed by atoms with van der Waals surface area (Å²) in [5.41, 5.74) is 0.641. The van der Waals surface area contributed by atoms with Gasteiger partial charge in [-0.1, -0.05) is 19.1 Å². The number of methoxy groups -OCH3 is 3. The first kappa shape index (κ1) is 23.7. The molecule has 0 N–H and O–H groups in total. The number of ether oxygens (including phenoxy) is 4. The molecular formula is C16H34O7Si. The molecule has 0 heterocycles. The van der Waals surface area contributed by atoms with E-state index in [1.165, 1.54) is 0 Å². The van der Waals surface area contributed by atoms with E-state index in [1.54, 1.807) is 21.3 Å². The van der Waals surface area contributed by atoms with Gasteiger partial charge in [0, 0.05) is 21.3 Å². The van der Waals surface area contributed by atoms with Gasteiger partial charge >= 0.3 is 8.80 Å². The van der Waals surface area contributed by atoms with Crippen molar-refractivity contribution < 1.29 is 32.2 Å². The predicted molar refractivity (Wildman–Crippen MR) is 94.1 cm³/mol. The quantitative estimate of drug-likeness (QED) is 0.221. The Labute approximate surface area is 147 Å². The second kappa shape index (κ2) is 15.0. The molecule has 1 atom stereocenters. The molecule has 0 fully saturated rings. The monoisotopic (exact) mass is 366 g/mol. The van der Waals surface area contributed by atoms with Crippen LogP contribution in [0.15, 0.2) is 12.2 Å². The molecule has 0 aromatic carbocycles. The maximum atomic E-state index is 6.05. The van der Waals surface area contributed by atoms with Crippen molar-refractivity contribution in [3.63, 3.8) is 0 Å². The Morgan fingerprint density at radius 1 is 0.833 bits per heavy atom. The Bertz CT molecular complexity index is 288. The zero-order valence-electron chi connectivity index (χ0n) is 15.8. The highest BCUT2D eigenvalue weighted by molar-refractivity contribution is 6.62. The highest BCUT2D eigenvalue weighted by Crippen LogP contribution is 2.21. The fraction of sp³-hybridized carbons (Fsp3) is 0.875. The van der Waals surface area contributed by atoms with E-state index in [2.05, 4.69) is 6.58 Å². The topological polar surface area (TPSA) is 64.6 Å². The van der Waals surface area contributed by atoms with Crippen LogP contribution < -0.4 is 0 Å². The van der Waals surface area contributed by atoms with Crippen molar-refractivity contribution in [2.24, 2.45) is 0 Å². The molecule has 7 nitrogen and oxygen atoms in total. The van der Waals surface area contributed by atoms with Gasteiger partial charge in [-0.05, 0) is 13.3 Å². The lowest BCUT2D eigenvalue weighted by molar-refractivity contribution is -0.0322. The molecule has 0 saturated heterocycles. The smallest absolute Gasteiger partial charge is 0.382 e. The summed E-state index contributed by atoms with van der Waals surface area (Å²) < 4.78 is 39.4. The average Bonchev–Trinajstić information content (AvgIpc) is 2.55. The lowest BCUT2D eigenvalue weighted by Crippen LogP contribution is -2.58.